The van der Waals surface area contributed by atoms with E-state index in [-0.39, 0.29) is 11.7 Å². The van der Waals surface area contributed by atoms with Crippen LogP contribution in [0.1, 0.15) is 0 Å². The number of benzene rings is 2. The lowest BCUT2D eigenvalue weighted by Gasteiger charge is -2.07. The highest BCUT2D eigenvalue weighted by atomic mass is 32.2. The third kappa shape index (κ3) is 4.08. The molecule has 0 bridgehead atoms. The molecule has 2 aromatic heterocycles. The van der Waals surface area contributed by atoms with Crippen molar-refractivity contribution in [2.24, 2.45) is 0 Å². The lowest BCUT2D eigenvalue weighted by molar-refractivity contribution is -0.113. The number of fused-ring (bicyclic) bond motifs is 1. The minimum atomic E-state index is -0.0938. The maximum atomic E-state index is 12.4. The third-order valence-corrected chi connectivity index (χ3v) is 6.14. The number of anilines is 1. The quantitative estimate of drug-likeness (QED) is 0.373. The maximum Gasteiger partial charge on any atom is 0.234 e. The van der Waals surface area contributed by atoms with Gasteiger partial charge >= 0.3 is 0 Å². The van der Waals surface area contributed by atoms with Crippen molar-refractivity contribution in [3.63, 3.8) is 0 Å². The summed E-state index contributed by atoms with van der Waals surface area (Å²) in [5.41, 5.74) is 2.52. The van der Waals surface area contributed by atoms with Gasteiger partial charge in [-0.3, -0.25) is 9.78 Å². The van der Waals surface area contributed by atoms with E-state index in [0.29, 0.717) is 3.95 Å². The van der Waals surface area contributed by atoms with Crippen molar-refractivity contribution in [3.05, 3.63) is 70.8 Å². The predicted molar refractivity (Wildman–Crippen MR) is 113 cm³/mol. The molecule has 2 aromatic carbocycles. The van der Waals surface area contributed by atoms with E-state index in [4.69, 9.17) is 12.2 Å². The van der Waals surface area contributed by atoms with Crippen molar-refractivity contribution < 1.29 is 4.79 Å². The largest absolute Gasteiger partial charge is 0.325 e. The Morgan fingerprint density at radius 3 is 2.81 bits per heavy atom. The zero-order chi connectivity index (χ0) is 18.6. The fourth-order valence-electron chi connectivity index (χ4n) is 2.58. The first-order valence-electron chi connectivity index (χ1n) is 8.13. The first-order valence-corrected chi connectivity index (χ1v) is 10.3. The first kappa shape index (κ1) is 17.8. The third-order valence-electron chi connectivity index (χ3n) is 3.78. The number of carbonyl (C=O) groups excluding carboxylic acids is 1. The van der Waals surface area contributed by atoms with Gasteiger partial charge in [-0.2, -0.15) is 0 Å². The molecule has 1 amide bonds. The van der Waals surface area contributed by atoms with Gasteiger partial charge in [0.1, 0.15) is 0 Å². The standard InChI is InChI=1S/C19H14N4OS3/c24-17(21-16-10-4-9-15-14(16)8-5-11-20-15)12-26-18-22-23(19(25)27-18)13-6-2-1-3-7-13/h1-11H,12H2,(H,21,24). The minimum Gasteiger partial charge on any atom is -0.325 e. The monoisotopic (exact) mass is 410 g/mol. The number of aromatic nitrogens is 3. The van der Waals surface area contributed by atoms with Gasteiger partial charge in [0.25, 0.3) is 0 Å². The Morgan fingerprint density at radius 1 is 1.11 bits per heavy atom. The van der Waals surface area contributed by atoms with Crippen LogP contribution in [0.4, 0.5) is 5.69 Å². The molecule has 0 radical (unpaired) electrons. The Kier molecular flexibility index (Phi) is 5.28. The van der Waals surface area contributed by atoms with E-state index in [0.717, 1.165) is 26.6 Å². The average molecular weight is 411 g/mol. The summed E-state index contributed by atoms with van der Waals surface area (Å²) in [5, 5.41) is 8.38. The van der Waals surface area contributed by atoms with E-state index in [9.17, 15) is 4.79 Å². The smallest absolute Gasteiger partial charge is 0.234 e. The van der Waals surface area contributed by atoms with Gasteiger partial charge in [0, 0.05) is 11.6 Å². The topological polar surface area (TPSA) is 59.8 Å². The van der Waals surface area contributed by atoms with Crippen LogP contribution in [0.15, 0.2) is 71.2 Å². The highest BCUT2D eigenvalue weighted by Gasteiger charge is 2.10. The maximum absolute atomic E-state index is 12.4. The van der Waals surface area contributed by atoms with Crippen molar-refractivity contribution in [1.82, 2.24) is 14.8 Å². The molecule has 8 heteroatoms. The summed E-state index contributed by atoms with van der Waals surface area (Å²) in [6.07, 6.45) is 1.74. The van der Waals surface area contributed by atoms with Crippen molar-refractivity contribution >= 4 is 57.8 Å². The number of para-hydroxylation sites is 1. The second-order valence-electron chi connectivity index (χ2n) is 5.59. The molecule has 0 saturated heterocycles. The molecule has 4 rings (SSSR count). The van der Waals surface area contributed by atoms with E-state index in [1.54, 1.807) is 10.9 Å². The summed E-state index contributed by atoms with van der Waals surface area (Å²) < 4.78 is 3.14. The van der Waals surface area contributed by atoms with Crippen LogP contribution in [0.3, 0.4) is 0 Å². The van der Waals surface area contributed by atoms with Crippen LogP contribution < -0.4 is 5.32 Å². The van der Waals surface area contributed by atoms with Gasteiger partial charge in [-0.05, 0) is 48.6 Å². The normalized spacial score (nSPS) is 10.8. The van der Waals surface area contributed by atoms with Gasteiger partial charge in [0.05, 0.1) is 22.6 Å². The molecule has 134 valence electrons. The van der Waals surface area contributed by atoms with E-state index < -0.39 is 0 Å². The molecule has 0 aliphatic carbocycles. The Hall–Kier alpha value is -2.55. The van der Waals surface area contributed by atoms with Gasteiger partial charge in [0.2, 0.25) is 5.91 Å². The minimum absolute atomic E-state index is 0.0938. The highest BCUT2D eigenvalue weighted by Crippen LogP contribution is 2.25. The van der Waals surface area contributed by atoms with Crippen molar-refractivity contribution in [2.45, 2.75) is 4.34 Å². The van der Waals surface area contributed by atoms with Gasteiger partial charge in [-0.25, -0.2) is 4.68 Å². The van der Waals surface area contributed by atoms with Gasteiger partial charge < -0.3 is 5.32 Å². The van der Waals surface area contributed by atoms with Crippen LogP contribution >= 0.6 is 35.3 Å². The fourth-order valence-corrected chi connectivity index (χ4v) is 4.74. The van der Waals surface area contributed by atoms with Gasteiger partial charge in [-0.1, -0.05) is 47.4 Å². The second-order valence-corrected chi connectivity index (χ2v) is 8.44. The summed E-state index contributed by atoms with van der Waals surface area (Å²) in [5.74, 6) is 0.164. The summed E-state index contributed by atoms with van der Waals surface area (Å²) in [4.78, 5) is 16.7. The van der Waals surface area contributed by atoms with Gasteiger partial charge in [-0.15, -0.1) is 5.10 Å². The molecule has 0 fully saturated rings. The summed E-state index contributed by atoms with van der Waals surface area (Å²) >= 11 is 8.17. The van der Waals surface area contributed by atoms with E-state index in [1.165, 1.54) is 23.1 Å². The van der Waals surface area contributed by atoms with E-state index >= 15 is 0 Å². The number of carbonyl (C=O) groups is 1. The molecule has 5 nitrogen and oxygen atoms in total. The summed E-state index contributed by atoms with van der Waals surface area (Å²) in [6, 6.07) is 19.2. The van der Waals surface area contributed by atoms with Crippen LogP contribution in [0.5, 0.6) is 0 Å². The molecule has 27 heavy (non-hydrogen) atoms. The summed E-state index contributed by atoms with van der Waals surface area (Å²) in [6.45, 7) is 0. The Labute approximate surface area is 169 Å². The van der Waals surface area contributed by atoms with Crippen molar-refractivity contribution in [2.75, 3.05) is 11.1 Å². The van der Waals surface area contributed by atoms with Crippen molar-refractivity contribution in [1.29, 1.82) is 0 Å². The molecule has 0 saturated carbocycles. The Balaban J connectivity index is 1.45. The van der Waals surface area contributed by atoms with E-state index in [1.807, 2.05) is 60.7 Å². The number of nitrogens with zero attached hydrogens (tertiary/aromatic N) is 3. The average Bonchev–Trinajstić information content (AvgIpc) is 3.08. The molecule has 0 atom stereocenters. The molecular formula is C19H14N4OS3. The van der Waals surface area contributed by atoms with Crippen LogP contribution in [0.2, 0.25) is 0 Å². The zero-order valence-corrected chi connectivity index (χ0v) is 16.5. The highest BCUT2D eigenvalue weighted by molar-refractivity contribution is 8.01. The van der Waals surface area contributed by atoms with Crippen molar-refractivity contribution in [3.8, 4) is 5.69 Å². The lowest BCUT2D eigenvalue weighted by Crippen LogP contribution is -2.14. The number of amides is 1. The Morgan fingerprint density at radius 2 is 1.96 bits per heavy atom. The number of rotatable bonds is 5. The molecule has 2 heterocycles. The van der Waals surface area contributed by atoms with Crippen LogP contribution in [-0.2, 0) is 4.79 Å². The molecule has 0 aliphatic heterocycles. The predicted octanol–water partition coefficient (Wildman–Crippen LogP) is 4.94. The van der Waals surface area contributed by atoms with Crippen LogP contribution in [-0.4, -0.2) is 26.4 Å². The molecule has 0 spiro atoms. The molecule has 4 aromatic rings. The molecule has 1 N–H and O–H groups in total. The molecular weight excluding hydrogens is 396 g/mol. The Bertz CT molecular complexity index is 1150. The molecule has 0 unspecified atom stereocenters. The first-order chi connectivity index (χ1) is 13.2. The fraction of sp³-hybridized carbons (Fsp3) is 0.0526. The number of hydrogen-bond donors (Lipinski definition) is 1. The number of nitrogens with one attached hydrogen (secondary N) is 1. The zero-order valence-electron chi connectivity index (χ0n) is 14.0. The number of thioether (sulfide) groups is 1. The number of pyridine rings is 1. The molecule has 0 aliphatic rings. The number of hydrogen-bond acceptors (Lipinski definition) is 6. The van der Waals surface area contributed by atoms with Gasteiger partial charge in [0.15, 0.2) is 8.29 Å². The van der Waals surface area contributed by atoms with Crippen LogP contribution in [0.25, 0.3) is 16.6 Å². The summed E-state index contributed by atoms with van der Waals surface area (Å²) in [7, 11) is 0. The second kappa shape index (κ2) is 7.99. The lowest BCUT2D eigenvalue weighted by atomic mass is 10.2. The van der Waals surface area contributed by atoms with E-state index in [2.05, 4.69) is 15.4 Å². The van der Waals surface area contributed by atoms with Crippen LogP contribution in [0, 0.1) is 3.95 Å². The SMILES string of the molecule is O=C(CSc1nn(-c2ccccc2)c(=S)s1)Nc1cccc2ncccc12.